The van der Waals surface area contributed by atoms with Crippen molar-refractivity contribution in [2.75, 3.05) is 6.61 Å². The monoisotopic (exact) mass is 326 g/mol. The molecule has 0 heterocycles. The summed E-state index contributed by atoms with van der Waals surface area (Å²) in [6, 6.07) is 0. The predicted octanol–water partition coefficient (Wildman–Crippen LogP) is 2.91. The Morgan fingerprint density at radius 1 is 1.06 bits per heavy atom. The molecule has 0 aromatic heterocycles. The maximum Gasteiger partial charge on any atom is 2.00 e. The van der Waals surface area contributed by atoms with E-state index in [9.17, 15) is 30.4 Å². The van der Waals surface area contributed by atoms with Crippen molar-refractivity contribution in [3.8, 4) is 0 Å². The van der Waals surface area contributed by atoms with Gasteiger partial charge in [-0.2, -0.15) is 30.4 Å². The van der Waals surface area contributed by atoms with Gasteiger partial charge in [-0.05, 0) is 6.42 Å². The molecule has 0 aliphatic carbocycles. The summed E-state index contributed by atoms with van der Waals surface area (Å²) >= 11 is 0. The molecule has 0 aromatic carbocycles. The first-order valence-corrected chi connectivity index (χ1v) is 6.30. The van der Waals surface area contributed by atoms with Crippen LogP contribution in [0.3, 0.4) is 0 Å². The number of hydrogen-bond acceptors (Lipinski definition) is 3. The van der Waals surface area contributed by atoms with Crippen molar-refractivity contribution in [2.24, 2.45) is 0 Å². The first-order chi connectivity index (χ1) is 7.56. The molecule has 0 amide bonds. The molecular formula is C8H15CaF5O3S. The Morgan fingerprint density at radius 3 is 1.94 bits per heavy atom. The Morgan fingerprint density at radius 2 is 1.56 bits per heavy atom. The van der Waals surface area contributed by atoms with E-state index in [0.29, 0.717) is 6.42 Å². The molecule has 108 valence electrons. The predicted molar refractivity (Wildman–Crippen MR) is 58.0 cm³/mol. The van der Waals surface area contributed by atoms with E-state index < -0.39 is 28.2 Å². The minimum Gasteiger partial charge on any atom is -1.00 e. The van der Waals surface area contributed by atoms with Crippen LogP contribution < -0.4 is 0 Å². The van der Waals surface area contributed by atoms with E-state index in [-0.39, 0.29) is 47.0 Å². The Balaban J connectivity index is -0.000000427. The second-order valence-electron chi connectivity index (χ2n) is 3.35. The molecule has 0 aliphatic rings. The molecule has 18 heavy (non-hydrogen) atoms. The van der Waals surface area contributed by atoms with E-state index in [1.54, 1.807) is 0 Å². The van der Waals surface area contributed by atoms with Crippen LogP contribution in [0.5, 0.6) is 0 Å². The molecule has 0 fully saturated rings. The Kier molecular flexibility index (Phi) is 9.60. The van der Waals surface area contributed by atoms with Gasteiger partial charge < -0.3 is 2.85 Å². The van der Waals surface area contributed by atoms with Gasteiger partial charge in [0.15, 0.2) is 0 Å². The first-order valence-electron chi connectivity index (χ1n) is 4.89. The van der Waals surface area contributed by atoms with Gasteiger partial charge in [0.05, 0.1) is 6.61 Å². The molecule has 0 rings (SSSR count). The first kappa shape index (κ1) is 21.1. The van der Waals surface area contributed by atoms with Gasteiger partial charge >= 0.3 is 59.3 Å². The second kappa shape index (κ2) is 8.18. The fourth-order valence-electron chi connectivity index (χ4n) is 0.913. The quantitative estimate of drug-likeness (QED) is 0.313. The zero-order valence-electron chi connectivity index (χ0n) is 11.8. The summed E-state index contributed by atoms with van der Waals surface area (Å²) in [6.07, 6.45) is -4.02. The Labute approximate surface area is 135 Å². The van der Waals surface area contributed by atoms with Gasteiger partial charge in [0.25, 0.3) is 0 Å². The van der Waals surface area contributed by atoms with Gasteiger partial charge in [-0.15, -0.1) is 0 Å². The van der Waals surface area contributed by atoms with Gasteiger partial charge in [-0.1, -0.05) is 26.2 Å². The smallest absolute Gasteiger partial charge is 1.00 e. The molecule has 0 bridgehead atoms. The van der Waals surface area contributed by atoms with Crippen molar-refractivity contribution in [1.82, 2.24) is 0 Å². The van der Waals surface area contributed by atoms with Crippen LogP contribution in [-0.4, -0.2) is 64.2 Å². The van der Waals surface area contributed by atoms with Gasteiger partial charge in [-0.3, -0.25) is 4.18 Å². The van der Waals surface area contributed by atoms with Crippen LogP contribution in [-0.2, 0) is 14.3 Å². The van der Waals surface area contributed by atoms with Crippen molar-refractivity contribution in [3.05, 3.63) is 0 Å². The molecule has 3 nitrogen and oxygen atoms in total. The van der Waals surface area contributed by atoms with E-state index in [2.05, 4.69) is 4.18 Å². The fraction of sp³-hybridized carbons (Fsp3) is 1.00. The van der Waals surface area contributed by atoms with E-state index in [1.165, 1.54) is 0 Å². The molecule has 0 spiro atoms. The van der Waals surface area contributed by atoms with E-state index >= 15 is 0 Å². The second-order valence-corrected chi connectivity index (χ2v) is 5.01. The summed E-state index contributed by atoms with van der Waals surface area (Å²) in [5.74, 6) is 0. The zero-order valence-corrected chi connectivity index (χ0v) is 12.8. The van der Waals surface area contributed by atoms with Gasteiger partial charge in [0.2, 0.25) is 0 Å². The molecule has 0 aromatic rings. The van der Waals surface area contributed by atoms with Crippen molar-refractivity contribution in [3.63, 3.8) is 0 Å². The van der Waals surface area contributed by atoms with Gasteiger partial charge in [-0.25, -0.2) is 0 Å². The third kappa shape index (κ3) is 5.85. The maximum absolute atomic E-state index is 12.4. The molecule has 0 N–H and O–H groups in total. The Bertz CT molecular complexity index is 337. The van der Waals surface area contributed by atoms with Crippen LogP contribution in [0.2, 0.25) is 0 Å². The van der Waals surface area contributed by atoms with Crippen LogP contribution in [0.1, 0.15) is 35.5 Å². The molecule has 0 aliphatic heterocycles. The summed E-state index contributed by atoms with van der Waals surface area (Å²) in [6.45, 7) is 1.18. The van der Waals surface area contributed by atoms with Crippen LogP contribution in [0.25, 0.3) is 0 Å². The molecule has 0 radical (unpaired) electrons. The van der Waals surface area contributed by atoms with Crippen LogP contribution in [0.4, 0.5) is 22.0 Å². The average molecular weight is 326 g/mol. The summed E-state index contributed by atoms with van der Waals surface area (Å²) in [7, 11) is -5.96. The van der Waals surface area contributed by atoms with Gasteiger partial charge in [0, 0.05) is 0 Å². The largest absolute Gasteiger partial charge is 2.00 e. The summed E-state index contributed by atoms with van der Waals surface area (Å²) < 4.78 is 85.1. The molecule has 0 atom stereocenters. The fourth-order valence-corrected chi connectivity index (χ4v) is 1.68. The maximum atomic E-state index is 12.4. The summed E-state index contributed by atoms with van der Waals surface area (Å²) in [5, 5.41) is -5.87. The summed E-state index contributed by atoms with van der Waals surface area (Å²) in [4.78, 5) is 0. The number of alkyl halides is 5. The molecular weight excluding hydrogens is 311 g/mol. The van der Waals surface area contributed by atoms with Gasteiger partial charge in [0.1, 0.15) is 0 Å². The molecule has 0 saturated carbocycles. The van der Waals surface area contributed by atoms with Crippen molar-refractivity contribution < 1.29 is 37.4 Å². The zero-order chi connectivity index (χ0) is 13.7. The minimum atomic E-state index is -6.17. The summed E-state index contributed by atoms with van der Waals surface area (Å²) in [5.41, 5.74) is 0. The van der Waals surface area contributed by atoms with Crippen LogP contribution in [0.15, 0.2) is 0 Å². The van der Waals surface area contributed by atoms with E-state index in [1.807, 2.05) is 6.92 Å². The van der Waals surface area contributed by atoms with Crippen LogP contribution in [0, 0.1) is 0 Å². The number of unbranched alkanes of at least 4 members (excludes halogenated alkanes) is 3. The Hall–Kier alpha value is 0.820. The minimum absolute atomic E-state index is 0. The molecule has 0 unspecified atom stereocenters. The van der Waals surface area contributed by atoms with Crippen molar-refractivity contribution in [2.45, 2.75) is 44.0 Å². The molecule has 10 heteroatoms. The third-order valence-corrected chi connectivity index (χ3v) is 3.22. The van der Waals surface area contributed by atoms with Crippen molar-refractivity contribution in [1.29, 1.82) is 0 Å². The van der Waals surface area contributed by atoms with E-state index in [4.69, 9.17) is 0 Å². The van der Waals surface area contributed by atoms with Crippen molar-refractivity contribution >= 4 is 47.9 Å². The number of halogens is 5. The number of hydrogen-bond donors (Lipinski definition) is 0. The van der Waals surface area contributed by atoms with E-state index in [0.717, 1.165) is 12.8 Å². The topological polar surface area (TPSA) is 43.4 Å². The normalized spacial score (nSPS) is 13.2. The van der Waals surface area contributed by atoms with Crippen LogP contribution >= 0.6 is 0 Å². The third-order valence-electron chi connectivity index (χ3n) is 1.88. The SMILES string of the molecule is CCCCCCOS(=O)(=O)C(F)(F)C(F)(F)F.[Ca+2].[H-].[H-]. The number of rotatable bonds is 7. The average Bonchev–Trinajstić information content (AvgIpc) is 2.15. The molecule has 0 saturated heterocycles. The standard InChI is InChI=1S/C8H13F5O3S.Ca.2H/c1-2-3-4-5-6-16-17(14,15)8(12,13)7(9,10)11;;;/h2-6H2,1H3;;;/q;+2;2*-1.